The van der Waals surface area contributed by atoms with Gasteiger partial charge in [0.1, 0.15) is 5.75 Å². The van der Waals surface area contributed by atoms with E-state index in [0.717, 1.165) is 12.8 Å². The Balaban J connectivity index is 2.40. The number of rotatable bonds is 6. The Morgan fingerprint density at radius 3 is 2.79 bits per heavy atom. The molecule has 1 amide bonds. The van der Waals surface area contributed by atoms with E-state index in [1.807, 2.05) is 13.8 Å². The lowest BCUT2D eigenvalue weighted by Gasteiger charge is -2.12. The Bertz CT molecular complexity index is 445. The van der Waals surface area contributed by atoms with E-state index in [9.17, 15) is 14.7 Å². The van der Waals surface area contributed by atoms with Crippen LogP contribution in [0.3, 0.4) is 0 Å². The normalized spacial score (nSPS) is 11.7. The van der Waals surface area contributed by atoms with Crippen molar-refractivity contribution in [3.8, 4) is 5.75 Å². The Labute approximate surface area is 112 Å². The fourth-order valence-corrected chi connectivity index (χ4v) is 1.67. The van der Waals surface area contributed by atoms with Crippen LogP contribution in [0.5, 0.6) is 5.75 Å². The molecule has 2 N–H and O–H groups in total. The molecule has 1 aromatic rings. The number of hydrogen-bond donors (Lipinski definition) is 2. The molecule has 1 aromatic carbocycles. The summed E-state index contributed by atoms with van der Waals surface area (Å²) in [6.07, 6.45) is 1.86. The number of nitrogens with one attached hydrogen (secondary N) is 1. The fraction of sp³-hybridized carbons (Fsp3) is 0.429. The second-order valence-corrected chi connectivity index (χ2v) is 4.38. The summed E-state index contributed by atoms with van der Waals surface area (Å²) in [6.45, 7) is 3.62. The second kappa shape index (κ2) is 7.41. The summed E-state index contributed by atoms with van der Waals surface area (Å²) >= 11 is 0. The van der Waals surface area contributed by atoms with Crippen LogP contribution in [-0.4, -0.2) is 29.6 Å². The fourth-order valence-electron chi connectivity index (χ4n) is 1.67. The molecule has 0 fully saturated rings. The summed E-state index contributed by atoms with van der Waals surface area (Å²) in [7, 11) is 0. The average molecular weight is 265 g/mol. The van der Waals surface area contributed by atoms with Gasteiger partial charge in [0.05, 0.1) is 5.56 Å². The summed E-state index contributed by atoms with van der Waals surface area (Å²) in [5, 5.41) is 12.0. The number of hydrogen-bond acceptors (Lipinski definition) is 4. The monoisotopic (exact) mass is 265 g/mol. The molecule has 1 rings (SSSR count). The molecule has 0 heterocycles. The molecule has 0 aliphatic rings. The van der Waals surface area contributed by atoms with E-state index < -0.39 is 5.97 Å². The topological polar surface area (TPSA) is 75.6 Å². The zero-order valence-electron chi connectivity index (χ0n) is 11.2. The van der Waals surface area contributed by atoms with Crippen molar-refractivity contribution in [2.45, 2.75) is 32.7 Å². The third kappa shape index (κ3) is 5.42. The van der Waals surface area contributed by atoms with Gasteiger partial charge in [-0.3, -0.25) is 4.79 Å². The largest absolute Gasteiger partial charge is 0.508 e. The number of carbonyl (C=O) groups excluding carboxylic acids is 2. The minimum Gasteiger partial charge on any atom is -0.508 e. The van der Waals surface area contributed by atoms with Gasteiger partial charge in [-0.25, -0.2) is 4.79 Å². The van der Waals surface area contributed by atoms with Gasteiger partial charge in [-0.05, 0) is 31.5 Å². The molecule has 0 bridgehead atoms. The summed E-state index contributed by atoms with van der Waals surface area (Å²) in [6, 6.07) is 5.86. The Morgan fingerprint density at radius 2 is 2.16 bits per heavy atom. The number of carbonyl (C=O) groups is 2. The molecule has 0 saturated heterocycles. The summed E-state index contributed by atoms with van der Waals surface area (Å²) in [5.41, 5.74) is 0.217. The van der Waals surface area contributed by atoms with Crippen molar-refractivity contribution in [2.75, 3.05) is 6.61 Å². The van der Waals surface area contributed by atoms with Crippen molar-refractivity contribution in [3.63, 3.8) is 0 Å². The van der Waals surface area contributed by atoms with Crippen LogP contribution in [0.1, 0.15) is 37.0 Å². The van der Waals surface area contributed by atoms with Gasteiger partial charge in [0.25, 0.3) is 5.91 Å². The van der Waals surface area contributed by atoms with E-state index in [1.165, 1.54) is 24.3 Å². The molecule has 1 atom stereocenters. The molecule has 5 heteroatoms. The standard InChI is InChI=1S/C14H19NO4/c1-3-5-10(2)15-13(17)9-19-14(18)11-6-4-7-12(16)8-11/h4,6-8,10,16H,3,5,9H2,1-2H3,(H,15,17)/t10-/m1/s1. The van der Waals surface area contributed by atoms with Gasteiger partial charge in [0, 0.05) is 6.04 Å². The zero-order valence-corrected chi connectivity index (χ0v) is 11.2. The number of benzene rings is 1. The van der Waals surface area contributed by atoms with E-state index in [4.69, 9.17) is 4.74 Å². The first-order valence-electron chi connectivity index (χ1n) is 6.28. The van der Waals surface area contributed by atoms with Crippen LogP contribution in [-0.2, 0) is 9.53 Å². The highest BCUT2D eigenvalue weighted by Gasteiger charge is 2.12. The van der Waals surface area contributed by atoms with Crippen LogP contribution in [0.2, 0.25) is 0 Å². The van der Waals surface area contributed by atoms with Crippen molar-refractivity contribution in [3.05, 3.63) is 29.8 Å². The lowest BCUT2D eigenvalue weighted by molar-refractivity contribution is -0.124. The smallest absolute Gasteiger partial charge is 0.338 e. The van der Waals surface area contributed by atoms with Crippen LogP contribution >= 0.6 is 0 Å². The maximum atomic E-state index is 11.6. The first-order valence-corrected chi connectivity index (χ1v) is 6.28. The molecule has 104 valence electrons. The Kier molecular flexibility index (Phi) is 5.85. The molecule has 0 aromatic heterocycles. The number of phenols is 1. The zero-order chi connectivity index (χ0) is 14.3. The van der Waals surface area contributed by atoms with Crippen molar-refractivity contribution in [2.24, 2.45) is 0 Å². The van der Waals surface area contributed by atoms with Crippen molar-refractivity contribution < 1.29 is 19.4 Å². The lowest BCUT2D eigenvalue weighted by Crippen LogP contribution is -2.35. The van der Waals surface area contributed by atoms with Gasteiger partial charge in [0.15, 0.2) is 6.61 Å². The molecule has 0 unspecified atom stereocenters. The molecule has 0 aliphatic heterocycles. The van der Waals surface area contributed by atoms with Gasteiger partial charge in [-0.2, -0.15) is 0 Å². The molecule has 0 spiro atoms. The van der Waals surface area contributed by atoms with Gasteiger partial charge in [-0.1, -0.05) is 19.4 Å². The number of aromatic hydroxyl groups is 1. The van der Waals surface area contributed by atoms with Crippen LogP contribution < -0.4 is 5.32 Å². The van der Waals surface area contributed by atoms with E-state index >= 15 is 0 Å². The van der Waals surface area contributed by atoms with E-state index in [2.05, 4.69) is 5.32 Å². The van der Waals surface area contributed by atoms with E-state index in [1.54, 1.807) is 0 Å². The first-order chi connectivity index (χ1) is 9.02. The molecule has 0 saturated carbocycles. The lowest BCUT2D eigenvalue weighted by atomic mass is 10.2. The summed E-state index contributed by atoms with van der Waals surface area (Å²) < 4.78 is 4.86. The van der Waals surface area contributed by atoms with E-state index in [0.29, 0.717) is 0 Å². The van der Waals surface area contributed by atoms with Gasteiger partial charge in [0.2, 0.25) is 0 Å². The maximum Gasteiger partial charge on any atom is 0.338 e. The minimum atomic E-state index is -0.630. The van der Waals surface area contributed by atoms with Crippen LogP contribution in [0.4, 0.5) is 0 Å². The van der Waals surface area contributed by atoms with Gasteiger partial charge in [-0.15, -0.1) is 0 Å². The highest BCUT2D eigenvalue weighted by molar-refractivity contribution is 5.91. The maximum absolute atomic E-state index is 11.6. The highest BCUT2D eigenvalue weighted by Crippen LogP contribution is 2.11. The third-order valence-corrected chi connectivity index (χ3v) is 2.55. The second-order valence-electron chi connectivity index (χ2n) is 4.38. The van der Waals surface area contributed by atoms with Crippen LogP contribution in [0.15, 0.2) is 24.3 Å². The quantitative estimate of drug-likeness (QED) is 0.770. The Morgan fingerprint density at radius 1 is 1.42 bits per heavy atom. The Hall–Kier alpha value is -2.04. The first kappa shape index (κ1) is 15.0. The highest BCUT2D eigenvalue weighted by atomic mass is 16.5. The minimum absolute atomic E-state index is 0.0181. The van der Waals surface area contributed by atoms with Crippen molar-refractivity contribution >= 4 is 11.9 Å². The molecule has 19 heavy (non-hydrogen) atoms. The molecular weight excluding hydrogens is 246 g/mol. The number of amides is 1. The summed E-state index contributed by atoms with van der Waals surface area (Å²) in [5.74, 6) is -0.973. The number of ether oxygens (including phenoxy) is 1. The molecule has 5 nitrogen and oxygen atoms in total. The average Bonchev–Trinajstić information content (AvgIpc) is 2.36. The van der Waals surface area contributed by atoms with Crippen LogP contribution in [0.25, 0.3) is 0 Å². The van der Waals surface area contributed by atoms with Gasteiger partial charge >= 0.3 is 5.97 Å². The van der Waals surface area contributed by atoms with Crippen molar-refractivity contribution in [1.82, 2.24) is 5.32 Å². The predicted octanol–water partition coefficient (Wildman–Crippen LogP) is 1.85. The van der Waals surface area contributed by atoms with Gasteiger partial charge < -0.3 is 15.2 Å². The number of phenolic OH excluding ortho intramolecular Hbond substituents is 1. The summed E-state index contributed by atoms with van der Waals surface area (Å²) in [4.78, 5) is 23.1. The molecule has 0 radical (unpaired) electrons. The molecule has 0 aliphatic carbocycles. The SMILES string of the molecule is CCC[C@@H](C)NC(=O)COC(=O)c1cccc(O)c1. The number of esters is 1. The van der Waals surface area contributed by atoms with E-state index in [-0.39, 0.29) is 29.9 Å². The van der Waals surface area contributed by atoms with Crippen molar-refractivity contribution in [1.29, 1.82) is 0 Å². The predicted molar refractivity (Wildman–Crippen MR) is 70.9 cm³/mol. The van der Waals surface area contributed by atoms with Crippen LogP contribution in [0, 0.1) is 0 Å². The third-order valence-electron chi connectivity index (χ3n) is 2.55. The molecular formula is C14H19NO4.